The van der Waals surface area contributed by atoms with Crippen molar-refractivity contribution in [3.63, 3.8) is 0 Å². The van der Waals surface area contributed by atoms with E-state index < -0.39 is 10.8 Å². The zero-order chi connectivity index (χ0) is 21.4. The third kappa shape index (κ3) is 3.77. The summed E-state index contributed by atoms with van der Waals surface area (Å²) in [6, 6.07) is 14.9. The fourth-order valence-corrected chi connectivity index (χ4v) is 4.44. The van der Waals surface area contributed by atoms with Crippen LogP contribution in [-0.4, -0.2) is 15.8 Å². The van der Waals surface area contributed by atoms with Crippen molar-refractivity contribution in [3.8, 4) is 11.3 Å². The molecule has 0 aliphatic rings. The van der Waals surface area contributed by atoms with E-state index in [4.69, 9.17) is 16.6 Å². The summed E-state index contributed by atoms with van der Waals surface area (Å²) in [5.41, 5.74) is 2.54. The van der Waals surface area contributed by atoms with Crippen molar-refractivity contribution in [2.45, 2.75) is 13.8 Å². The van der Waals surface area contributed by atoms with Crippen molar-refractivity contribution >= 4 is 51.1 Å². The maximum Gasteiger partial charge on any atom is 0.292 e. The second kappa shape index (κ2) is 7.85. The van der Waals surface area contributed by atoms with Crippen LogP contribution in [0.2, 0.25) is 5.02 Å². The van der Waals surface area contributed by atoms with Gasteiger partial charge in [-0.3, -0.25) is 14.9 Å². The van der Waals surface area contributed by atoms with Crippen LogP contribution in [0.4, 0.5) is 11.4 Å². The number of nitro benzene ring substituents is 1. The molecule has 0 saturated carbocycles. The molecule has 0 aliphatic carbocycles. The zero-order valence-corrected chi connectivity index (χ0v) is 17.7. The highest BCUT2D eigenvalue weighted by Crippen LogP contribution is 2.33. The Labute approximate surface area is 181 Å². The first kappa shape index (κ1) is 20.0. The lowest BCUT2D eigenvalue weighted by Gasteiger charge is -2.11. The van der Waals surface area contributed by atoms with Crippen LogP contribution in [-0.2, 0) is 0 Å². The van der Waals surface area contributed by atoms with Gasteiger partial charge in [-0.25, -0.2) is 4.98 Å². The van der Waals surface area contributed by atoms with Crippen molar-refractivity contribution in [2.24, 2.45) is 0 Å². The van der Waals surface area contributed by atoms with Crippen LogP contribution in [0.15, 0.2) is 54.6 Å². The summed E-state index contributed by atoms with van der Waals surface area (Å²) in [6.45, 7) is 4.03. The smallest absolute Gasteiger partial charge is 0.292 e. The molecule has 4 rings (SSSR count). The van der Waals surface area contributed by atoms with Gasteiger partial charge in [0.25, 0.3) is 11.6 Å². The lowest BCUT2D eigenvalue weighted by Crippen LogP contribution is -2.14. The fourth-order valence-electron chi connectivity index (χ4n) is 3.34. The number of nitro groups is 1. The molecule has 4 aromatic rings. The van der Waals surface area contributed by atoms with Crippen molar-refractivity contribution in [3.05, 3.63) is 85.1 Å². The number of anilines is 1. The van der Waals surface area contributed by atoms with Crippen LogP contribution in [0.3, 0.4) is 0 Å². The molecule has 30 heavy (non-hydrogen) atoms. The molecule has 1 N–H and O–H groups in total. The summed E-state index contributed by atoms with van der Waals surface area (Å²) in [6.07, 6.45) is 0. The third-order valence-electron chi connectivity index (χ3n) is 4.68. The Balaban J connectivity index is 1.86. The van der Waals surface area contributed by atoms with Crippen molar-refractivity contribution in [1.82, 2.24) is 4.98 Å². The number of fused-ring (bicyclic) bond motifs is 1. The van der Waals surface area contributed by atoms with Gasteiger partial charge in [0.2, 0.25) is 0 Å². The number of carbonyl (C=O) groups is 1. The summed E-state index contributed by atoms with van der Waals surface area (Å²) in [4.78, 5) is 30.9. The van der Waals surface area contributed by atoms with E-state index in [0.717, 1.165) is 15.3 Å². The summed E-state index contributed by atoms with van der Waals surface area (Å²) >= 11 is 7.82. The molecule has 8 heteroatoms. The predicted molar refractivity (Wildman–Crippen MR) is 121 cm³/mol. The molecule has 0 radical (unpaired) electrons. The van der Waals surface area contributed by atoms with Crippen LogP contribution < -0.4 is 5.32 Å². The summed E-state index contributed by atoms with van der Waals surface area (Å²) in [5, 5.41) is 15.0. The number of hydrogen-bond donors (Lipinski definition) is 1. The van der Waals surface area contributed by atoms with Gasteiger partial charge < -0.3 is 5.32 Å². The van der Waals surface area contributed by atoms with E-state index in [-0.39, 0.29) is 11.4 Å². The minimum atomic E-state index is -0.528. The van der Waals surface area contributed by atoms with E-state index >= 15 is 0 Å². The quantitative estimate of drug-likeness (QED) is 0.296. The largest absolute Gasteiger partial charge is 0.316 e. The molecule has 0 fully saturated rings. The van der Waals surface area contributed by atoms with E-state index in [9.17, 15) is 14.9 Å². The number of aryl methyl sites for hydroxylation is 2. The Morgan fingerprint density at radius 2 is 1.90 bits per heavy atom. The molecule has 0 spiro atoms. The van der Waals surface area contributed by atoms with Crippen molar-refractivity contribution < 1.29 is 9.72 Å². The Hall–Kier alpha value is -3.29. The minimum Gasteiger partial charge on any atom is -0.316 e. The molecule has 0 bridgehead atoms. The molecule has 0 unspecified atom stereocenters. The van der Waals surface area contributed by atoms with Gasteiger partial charge in [-0.05, 0) is 50.2 Å². The maximum atomic E-state index is 13.2. The number of benzene rings is 2. The second-order valence-electron chi connectivity index (χ2n) is 6.77. The number of nitrogens with one attached hydrogen (secondary N) is 1. The van der Waals surface area contributed by atoms with Gasteiger partial charge in [-0.15, -0.1) is 11.3 Å². The highest BCUT2D eigenvalue weighted by molar-refractivity contribution is 7.12. The van der Waals surface area contributed by atoms with E-state index in [1.54, 1.807) is 47.7 Å². The summed E-state index contributed by atoms with van der Waals surface area (Å²) < 4.78 is 0. The number of pyridine rings is 1. The summed E-state index contributed by atoms with van der Waals surface area (Å²) in [5.74, 6) is -0.468. The molecule has 0 atom stereocenters. The van der Waals surface area contributed by atoms with Gasteiger partial charge in [-0.2, -0.15) is 0 Å². The first-order chi connectivity index (χ1) is 14.3. The number of hydrogen-bond acceptors (Lipinski definition) is 5. The lowest BCUT2D eigenvalue weighted by molar-refractivity contribution is -0.383. The van der Waals surface area contributed by atoms with Gasteiger partial charge in [0.15, 0.2) is 0 Å². The highest BCUT2D eigenvalue weighted by atomic mass is 35.5. The molecule has 2 aromatic carbocycles. The van der Waals surface area contributed by atoms with Crippen LogP contribution in [0.5, 0.6) is 0 Å². The number of carbonyl (C=O) groups excluding carboxylic acids is 1. The molecule has 2 aromatic heterocycles. The molecule has 0 saturated heterocycles. The molecule has 6 nitrogen and oxygen atoms in total. The highest BCUT2D eigenvalue weighted by Gasteiger charge is 2.20. The number of para-hydroxylation sites is 2. The average molecular weight is 438 g/mol. The van der Waals surface area contributed by atoms with Crippen molar-refractivity contribution in [2.75, 3.05) is 5.32 Å². The number of nitrogens with zero attached hydrogens (tertiary/aromatic N) is 2. The van der Waals surface area contributed by atoms with Gasteiger partial charge in [0, 0.05) is 31.8 Å². The van der Waals surface area contributed by atoms with Gasteiger partial charge in [0.1, 0.15) is 5.69 Å². The van der Waals surface area contributed by atoms with Crippen LogP contribution in [0, 0.1) is 24.0 Å². The lowest BCUT2D eigenvalue weighted by atomic mass is 10.0. The number of thiophene rings is 1. The number of amides is 1. The topological polar surface area (TPSA) is 85.1 Å². The Kier molecular flexibility index (Phi) is 5.24. The Morgan fingerprint density at radius 1 is 1.13 bits per heavy atom. The maximum absolute atomic E-state index is 13.2. The van der Waals surface area contributed by atoms with Crippen LogP contribution in [0.25, 0.3) is 22.2 Å². The Bertz CT molecular complexity index is 1320. The normalized spacial score (nSPS) is 10.9. The standard InChI is InChI=1S/C22H16ClN3O3S/c1-12-9-15(13(2)30-12)20-11-17(16-10-14(23)7-8-18(16)24-20)22(27)25-19-5-3-4-6-21(19)26(28)29/h3-11H,1-2H3,(H,25,27). The first-order valence-corrected chi connectivity index (χ1v) is 10.3. The SMILES string of the molecule is Cc1cc(-c2cc(C(=O)Nc3ccccc3[N+](=O)[O-])c3cc(Cl)ccc3n2)c(C)s1. The van der Waals surface area contributed by atoms with Gasteiger partial charge in [0.05, 0.1) is 21.7 Å². The Morgan fingerprint density at radius 3 is 2.60 bits per heavy atom. The van der Waals surface area contributed by atoms with Crippen molar-refractivity contribution in [1.29, 1.82) is 0 Å². The molecule has 150 valence electrons. The van der Waals surface area contributed by atoms with E-state index in [0.29, 0.717) is 27.2 Å². The van der Waals surface area contributed by atoms with Gasteiger partial charge >= 0.3 is 0 Å². The molecular formula is C22H16ClN3O3S. The summed E-state index contributed by atoms with van der Waals surface area (Å²) in [7, 11) is 0. The molecular weight excluding hydrogens is 422 g/mol. The molecule has 0 aliphatic heterocycles. The molecule has 1 amide bonds. The second-order valence-corrected chi connectivity index (χ2v) is 8.67. The average Bonchev–Trinajstić information content (AvgIpc) is 3.05. The fraction of sp³-hybridized carbons (Fsp3) is 0.0909. The number of aromatic nitrogens is 1. The number of rotatable bonds is 4. The third-order valence-corrected chi connectivity index (χ3v) is 5.88. The minimum absolute atomic E-state index is 0.128. The molecule has 2 heterocycles. The monoisotopic (exact) mass is 437 g/mol. The van der Waals surface area contributed by atoms with E-state index in [2.05, 4.69) is 5.32 Å². The zero-order valence-electron chi connectivity index (χ0n) is 16.1. The number of halogens is 1. The van der Waals surface area contributed by atoms with E-state index in [1.807, 2.05) is 19.9 Å². The van der Waals surface area contributed by atoms with Gasteiger partial charge in [-0.1, -0.05) is 23.7 Å². The first-order valence-electron chi connectivity index (χ1n) is 9.06. The van der Waals surface area contributed by atoms with E-state index in [1.165, 1.54) is 12.1 Å². The predicted octanol–water partition coefficient (Wildman–Crippen LogP) is 6.39. The van der Waals surface area contributed by atoms with Crippen LogP contribution in [0.1, 0.15) is 20.1 Å². The van der Waals surface area contributed by atoms with Crippen LogP contribution >= 0.6 is 22.9 Å².